The molecule has 0 radical (unpaired) electrons. The molecule has 1 rings (SSSR count). The molecule has 0 aliphatic rings. The zero-order valence-electron chi connectivity index (χ0n) is 5.29. The molecule has 0 saturated heterocycles. The van der Waals surface area contributed by atoms with Gasteiger partial charge in [0.1, 0.15) is 5.50 Å². The Morgan fingerprint density at radius 1 is 1.78 bits per heavy atom. The second-order valence-corrected chi connectivity index (χ2v) is 2.36. The van der Waals surface area contributed by atoms with Crippen molar-refractivity contribution in [1.82, 2.24) is 9.55 Å². The Morgan fingerprint density at radius 3 is 3.00 bits per heavy atom. The summed E-state index contributed by atoms with van der Waals surface area (Å²) in [6.45, 7) is 2.04. The standard InChI is InChI=1S/C6H9ClN2/c1-2-6(7)9-4-3-8-5-9/h3-6H,2H2,1H3. The minimum absolute atomic E-state index is 0.0625. The summed E-state index contributed by atoms with van der Waals surface area (Å²) in [5.41, 5.74) is 0.0625. The summed E-state index contributed by atoms with van der Waals surface area (Å²) >= 11 is 5.85. The van der Waals surface area contributed by atoms with Gasteiger partial charge >= 0.3 is 0 Å². The summed E-state index contributed by atoms with van der Waals surface area (Å²) in [6, 6.07) is 0. The predicted octanol–water partition coefficient (Wildman–Crippen LogP) is 2.03. The molecule has 0 spiro atoms. The lowest BCUT2D eigenvalue weighted by molar-refractivity contribution is 0.646. The molecule has 1 atom stereocenters. The molecular formula is C6H9ClN2. The van der Waals surface area contributed by atoms with Gasteiger partial charge in [-0.25, -0.2) is 4.98 Å². The Bertz CT molecular complexity index is 160. The molecule has 0 fully saturated rings. The van der Waals surface area contributed by atoms with E-state index in [1.54, 1.807) is 12.5 Å². The first-order valence-electron chi connectivity index (χ1n) is 2.96. The van der Waals surface area contributed by atoms with Crippen LogP contribution in [0.5, 0.6) is 0 Å². The van der Waals surface area contributed by atoms with E-state index in [0.29, 0.717) is 0 Å². The third-order valence-electron chi connectivity index (χ3n) is 1.19. The number of halogens is 1. The fourth-order valence-electron chi connectivity index (χ4n) is 0.646. The normalized spacial score (nSPS) is 13.6. The Balaban J connectivity index is 2.65. The van der Waals surface area contributed by atoms with Gasteiger partial charge in [-0.05, 0) is 6.42 Å². The van der Waals surface area contributed by atoms with Crippen LogP contribution in [0, 0.1) is 0 Å². The fraction of sp³-hybridized carbons (Fsp3) is 0.500. The highest BCUT2D eigenvalue weighted by molar-refractivity contribution is 6.18. The highest BCUT2D eigenvalue weighted by atomic mass is 35.5. The van der Waals surface area contributed by atoms with E-state index in [-0.39, 0.29) is 5.50 Å². The van der Waals surface area contributed by atoms with Crippen molar-refractivity contribution in [3.05, 3.63) is 18.7 Å². The molecule has 9 heavy (non-hydrogen) atoms. The Morgan fingerprint density at radius 2 is 2.56 bits per heavy atom. The molecule has 1 aromatic rings. The zero-order chi connectivity index (χ0) is 6.69. The molecule has 50 valence electrons. The van der Waals surface area contributed by atoms with Crippen molar-refractivity contribution in [2.75, 3.05) is 0 Å². The first-order valence-corrected chi connectivity index (χ1v) is 3.39. The van der Waals surface area contributed by atoms with Crippen LogP contribution < -0.4 is 0 Å². The number of rotatable bonds is 2. The van der Waals surface area contributed by atoms with E-state index in [4.69, 9.17) is 11.6 Å². The first kappa shape index (κ1) is 6.62. The molecule has 0 aliphatic carbocycles. The van der Waals surface area contributed by atoms with Crippen molar-refractivity contribution < 1.29 is 0 Å². The van der Waals surface area contributed by atoms with E-state index < -0.39 is 0 Å². The third kappa shape index (κ3) is 1.45. The summed E-state index contributed by atoms with van der Waals surface area (Å²) in [5, 5.41) is 0. The molecule has 0 N–H and O–H groups in total. The van der Waals surface area contributed by atoms with Crippen LogP contribution in [0.4, 0.5) is 0 Å². The average molecular weight is 145 g/mol. The Hall–Kier alpha value is -0.500. The number of hydrogen-bond donors (Lipinski definition) is 0. The summed E-state index contributed by atoms with van der Waals surface area (Å²) < 4.78 is 1.88. The lowest BCUT2D eigenvalue weighted by Gasteiger charge is -2.05. The van der Waals surface area contributed by atoms with Crippen LogP contribution in [-0.4, -0.2) is 9.55 Å². The van der Waals surface area contributed by atoms with Crippen molar-refractivity contribution in [3.63, 3.8) is 0 Å². The fourth-order valence-corrected chi connectivity index (χ4v) is 0.761. The van der Waals surface area contributed by atoms with Gasteiger partial charge in [0.25, 0.3) is 0 Å². The van der Waals surface area contributed by atoms with Gasteiger partial charge < -0.3 is 4.57 Å². The van der Waals surface area contributed by atoms with Gasteiger partial charge in [-0.1, -0.05) is 18.5 Å². The van der Waals surface area contributed by atoms with Gasteiger partial charge in [0, 0.05) is 12.4 Å². The molecule has 1 unspecified atom stereocenters. The minimum Gasteiger partial charge on any atom is -0.321 e. The number of aromatic nitrogens is 2. The van der Waals surface area contributed by atoms with E-state index in [1.807, 2.05) is 17.7 Å². The Kier molecular flexibility index (Phi) is 2.11. The maximum absolute atomic E-state index is 5.85. The van der Waals surface area contributed by atoms with Gasteiger partial charge in [0.05, 0.1) is 6.33 Å². The monoisotopic (exact) mass is 144 g/mol. The van der Waals surface area contributed by atoms with Gasteiger partial charge in [-0.3, -0.25) is 0 Å². The van der Waals surface area contributed by atoms with Crippen LogP contribution in [0.1, 0.15) is 18.8 Å². The quantitative estimate of drug-likeness (QED) is 0.581. The van der Waals surface area contributed by atoms with Gasteiger partial charge in [-0.15, -0.1) is 0 Å². The van der Waals surface area contributed by atoms with Crippen molar-refractivity contribution >= 4 is 11.6 Å². The van der Waals surface area contributed by atoms with Crippen LogP contribution in [0.3, 0.4) is 0 Å². The molecular weight excluding hydrogens is 136 g/mol. The number of alkyl halides is 1. The molecule has 0 amide bonds. The molecule has 0 aliphatic heterocycles. The summed E-state index contributed by atoms with van der Waals surface area (Å²) in [6.07, 6.45) is 6.24. The second-order valence-electron chi connectivity index (χ2n) is 1.85. The molecule has 0 bridgehead atoms. The SMILES string of the molecule is CCC(Cl)n1ccnc1. The molecule has 3 heteroatoms. The van der Waals surface area contributed by atoms with E-state index in [9.17, 15) is 0 Å². The number of nitrogens with zero attached hydrogens (tertiary/aromatic N) is 2. The highest BCUT2D eigenvalue weighted by Crippen LogP contribution is 2.13. The van der Waals surface area contributed by atoms with E-state index in [1.165, 1.54) is 0 Å². The molecule has 1 heterocycles. The van der Waals surface area contributed by atoms with Crippen LogP contribution >= 0.6 is 11.6 Å². The van der Waals surface area contributed by atoms with Crippen LogP contribution in [0.15, 0.2) is 18.7 Å². The van der Waals surface area contributed by atoms with Gasteiger partial charge in [0.15, 0.2) is 0 Å². The summed E-state index contributed by atoms with van der Waals surface area (Å²) in [5.74, 6) is 0. The smallest absolute Gasteiger partial charge is 0.109 e. The highest BCUT2D eigenvalue weighted by Gasteiger charge is 1.99. The average Bonchev–Trinajstić information content (AvgIpc) is 2.37. The van der Waals surface area contributed by atoms with E-state index >= 15 is 0 Å². The maximum Gasteiger partial charge on any atom is 0.109 e. The van der Waals surface area contributed by atoms with Crippen LogP contribution in [-0.2, 0) is 0 Å². The largest absolute Gasteiger partial charge is 0.321 e. The molecule has 0 saturated carbocycles. The molecule has 1 aromatic heterocycles. The van der Waals surface area contributed by atoms with Crippen molar-refractivity contribution in [1.29, 1.82) is 0 Å². The van der Waals surface area contributed by atoms with E-state index in [2.05, 4.69) is 4.98 Å². The van der Waals surface area contributed by atoms with Gasteiger partial charge in [0.2, 0.25) is 0 Å². The second kappa shape index (κ2) is 2.87. The third-order valence-corrected chi connectivity index (χ3v) is 1.72. The van der Waals surface area contributed by atoms with Gasteiger partial charge in [-0.2, -0.15) is 0 Å². The van der Waals surface area contributed by atoms with Crippen molar-refractivity contribution in [3.8, 4) is 0 Å². The number of imidazole rings is 1. The molecule has 0 aromatic carbocycles. The first-order chi connectivity index (χ1) is 4.34. The maximum atomic E-state index is 5.85. The van der Waals surface area contributed by atoms with Crippen LogP contribution in [0.2, 0.25) is 0 Å². The lowest BCUT2D eigenvalue weighted by atomic mass is 10.5. The summed E-state index contributed by atoms with van der Waals surface area (Å²) in [7, 11) is 0. The predicted molar refractivity (Wildman–Crippen MR) is 37.4 cm³/mol. The minimum atomic E-state index is 0.0625. The summed E-state index contributed by atoms with van der Waals surface area (Å²) in [4.78, 5) is 3.87. The zero-order valence-corrected chi connectivity index (χ0v) is 6.04. The van der Waals surface area contributed by atoms with E-state index in [0.717, 1.165) is 6.42 Å². The Labute approximate surface area is 59.5 Å². The lowest BCUT2D eigenvalue weighted by Crippen LogP contribution is -1.96. The molecule has 2 nitrogen and oxygen atoms in total. The number of hydrogen-bond acceptors (Lipinski definition) is 1. The topological polar surface area (TPSA) is 17.8 Å². The van der Waals surface area contributed by atoms with Crippen molar-refractivity contribution in [2.24, 2.45) is 0 Å². The van der Waals surface area contributed by atoms with Crippen molar-refractivity contribution in [2.45, 2.75) is 18.8 Å². The van der Waals surface area contributed by atoms with Crippen LogP contribution in [0.25, 0.3) is 0 Å².